The molecule has 2 N–H and O–H groups in total. The van der Waals surface area contributed by atoms with Gasteiger partial charge in [0.1, 0.15) is 11.4 Å². The van der Waals surface area contributed by atoms with Crippen molar-refractivity contribution < 1.29 is 71.1 Å². The number of alkyl halides is 14. The average Bonchev–Trinajstić information content (AvgIpc) is 4.15. The lowest BCUT2D eigenvalue weighted by Crippen LogP contribution is -2.50. The molecule has 2 aromatic heterocycles. The third-order valence-electron chi connectivity index (χ3n) is 11.7. The molecule has 0 saturated heterocycles. The van der Waals surface area contributed by atoms with Crippen LogP contribution in [0.25, 0.3) is 33.9 Å². The Morgan fingerprint density at radius 1 is 0.562 bits per heavy atom. The van der Waals surface area contributed by atoms with Crippen molar-refractivity contribution in [2.75, 3.05) is 0 Å². The normalized spacial score (nSPS) is 14.5. The Hall–Kier alpha value is -5.65. The Morgan fingerprint density at radius 2 is 0.890 bits per heavy atom. The van der Waals surface area contributed by atoms with Crippen LogP contribution in [0.15, 0.2) is 73.1 Å². The molecule has 0 atom stereocenters. The maximum atomic E-state index is 14.6. The Balaban J connectivity index is 0.000000221. The zero-order valence-corrected chi connectivity index (χ0v) is 40.4. The standard InChI is InChI=1S/C24H19ClF7N3O.C20H12Cl2F7N3O.C3H7N/c1-12-7-15(22(26,23(27,28)29)24(30,31)32)8-13(2)21(12)19-11-35(34-33-19)16-5-6-18(25)17(10-16)20(36)9-14-3-4-14;1-9-5-11(18(23,19(24,25)26)20(27,28)29)6-10(2)16(9)15-8-32(31-30-15)12-3-4-14(21)13(7-12)17(22)33;4-3-1-2-3/h5-8,10-11,14H,3-4,9H2,1-2H3;3-8H,1-2H3;3H,1-2,4H2. The number of rotatable bonds is 10. The van der Waals surface area contributed by atoms with Crippen LogP contribution in [0.3, 0.4) is 0 Å². The average molecular weight is 1110 g/mol. The minimum absolute atomic E-state index is 0.0109. The van der Waals surface area contributed by atoms with Gasteiger partial charge in [0, 0.05) is 40.3 Å². The number of carbonyl (C=O) groups excluding carboxylic acids is 2. The number of ketones is 1. The van der Waals surface area contributed by atoms with Gasteiger partial charge in [-0.2, -0.15) is 52.7 Å². The maximum Gasteiger partial charge on any atom is 0.435 e. The number of benzene rings is 4. The summed E-state index contributed by atoms with van der Waals surface area (Å²) < 4.78 is 189. The molecule has 392 valence electrons. The second kappa shape index (κ2) is 20.6. The van der Waals surface area contributed by atoms with Gasteiger partial charge in [0.15, 0.2) is 5.78 Å². The van der Waals surface area contributed by atoms with Crippen LogP contribution >= 0.6 is 34.8 Å². The molecule has 2 aliphatic rings. The molecular formula is C47H38Cl3F14N7O2. The fourth-order valence-corrected chi connectivity index (χ4v) is 8.22. The molecule has 0 radical (unpaired) electrons. The smallest absolute Gasteiger partial charge is 0.328 e. The van der Waals surface area contributed by atoms with E-state index in [1.807, 2.05) is 0 Å². The highest BCUT2D eigenvalue weighted by Crippen LogP contribution is 2.55. The number of nitrogens with zero attached hydrogens (tertiary/aromatic N) is 6. The number of hydrogen-bond acceptors (Lipinski definition) is 7. The predicted octanol–water partition coefficient (Wildman–Crippen LogP) is 14.5. The number of Topliss-reactive ketones (excluding diaryl/α,β-unsaturated/α-hetero) is 1. The van der Waals surface area contributed by atoms with Crippen LogP contribution in [0.1, 0.15) is 86.2 Å². The number of aryl methyl sites for hydroxylation is 4. The van der Waals surface area contributed by atoms with E-state index in [1.165, 1.54) is 86.6 Å². The van der Waals surface area contributed by atoms with Crippen molar-refractivity contribution in [2.45, 2.75) is 102 Å². The molecule has 0 amide bonds. The molecule has 6 aromatic rings. The van der Waals surface area contributed by atoms with E-state index in [0.717, 1.165) is 12.8 Å². The molecule has 0 aliphatic heterocycles. The van der Waals surface area contributed by atoms with E-state index in [0.29, 0.717) is 59.6 Å². The van der Waals surface area contributed by atoms with Crippen molar-refractivity contribution in [1.29, 1.82) is 0 Å². The molecule has 2 aliphatic carbocycles. The lowest BCUT2D eigenvalue weighted by Gasteiger charge is -2.31. The van der Waals surface area contributed by atoms with Crippen molar-refractivity contribution in [3.05, 3.63) is 128 Å². The zero-order chi connectivity index (χ0) is 54.6. The second-order valence-corrected chi connectivity index (χ2v) is 18.5. The summed E-state index contributed by atoms with van der Waals surface area (Å²) in [5.74, 6) is 0.234. The van der Waals surface area contributed by atoms with Crippen LogP contribution in [0.2, 0.25) is 10.0 Å². The first-order chi connectivity index (χ1) is 33.6. The Labute approximate surface area is 420 Å². The summed E-state index contributed by atoms with van der Waals surface area (Å²) in [6.07, 6.45) is -17.2. The van der Waals surface area contributed by atoms with Crippen LogP contribution in [-0.2, 0) is 11.3 Å². The molecule has 8 rings (SSSR count). The van der Waals surface area contributed by atoms with Gasteiger partial charge in [-0.25, -0.2) is 18.1 Å². The number of hydrogen-bond donors (Lipinski definition) is 1. The molecule has 9 nitrogen and oxygen atoms in total. The first-order valence-electron chi connectivity index (χ1n) is 21.4. The molecule has 73 heavy (non-hydrogen) atoms. The zero-order valence-electron chi connectivity index (χ0n) is 38.1. The van der Waals surface area contributed by atoms with Crippen LogP contribution in [-0.4, -0.2) is 71.8 Å². The molecule has 0 bridgehead atoms. The molecule has 2 fully saturated rings. The predicted molar refractivity (Wildman–Crippen MR) is 241 cm³/mol. The van der Waals surface area contributed by atoms with Gasteiger partial charge < -0.3 is 5.73 Å². The largest absolute Gasteiger partial charge is 0.435 e. The summed E-state index contributed by atoms with van der Waals surface area (Å²) in [7, 11) is 0. The highest BCUT2D eigenvalue weighted by molar-refractivity contribution is 6.68. The van der Waals surface area contributed by atoms with Crippen molar-refractivity contribution in [3.8, 4) is 33.9 Å². The first-order valence-corrected chi connectivity index (χ1v) is 22.6. The Bertz CT molecular complexity index is 2970. The lowest BCUT2D eigenvalue weighted by atomic mass is 9.88. The minimum atomic E-state index is -6.22. The molecule has 26 heteroatoms. The molecular weight excluding hydrogens is 1070 g/mol. The van der Waals surface area contributed by atoms with E-state index in [2.05, 4.69) is 20.6 Å². The molecule has 2 saturated carbocycles. The maximum absolute atomic E-state index is 14.6. The third-order valence-corrected chi connectivity index (χ3v) is 12.5. The van der Waals surface area contributed by atoms with Crippen molar-refractivity contribution >= 4 is 45.8 Å². The molecule has 0 spiro atoms. The highest BCUT2D eigenvalue weighted by Gasteiger charge is 2.74. The van der Waals surface area contributed by atoms with Crippen molar-refractivity contribution in [3.63, 3.8) is 0 Å². The first kappa shape index (κ1) is 56.6. The third kappa shape index (κ3) is 11.8. The fraction of sp³-hybridized carbons (Fsp3) is 0.362. The van der Waals surface area contributed by atoms with Crippen LogP contribution < -0.4 is 5.73 Å². The monoisotopic (exact) mass is 1100 g/mol. The van der Waals surface area contributed by atoms with Gasteiger partial charge in [-0.05, 0) is 130 Å². The van der Waals surface area contributed by atoms with Gasteiger partial charge >= 0.3 is 36.0 Å². The summed E-state index contributed by atoms with van der Waals surface area (Å²) in [5.41, 5.74) is -7.62. The SMILES string of the molecule is Cc1cc(C(F)(C(F)(F)F)C(F)(F)F)cc(C)c1-c1cn(-c2ccc(Cl)c(C(=O)CC3CC3)c2)nn1.Cc1cc(C(F)(C(F)(F)F)C(F)(F)F)cc(C)c1-c1cn(-c2ccc(Cl)c(C(=O)Cl)c2)nn1.NC1CC1. The van der Waals surface area contributed by atoms with Crippen molar-refractivity contribution in [2.24, 2.45) is 11.7 Å². The van der Waals surface area contributed by atoms with E-state index in [4.69, 9.17) is 40.5 Å². The van der Waals surface area contributed by atoms with E-state index >= 15 is 0 Å². The van der Waals surface area contributed by atoms with Crippen LogP contribution in [0.5, 0.6) is 0 Å². The van der Waals surface area contributed by atoms with Crippen molar-refractivity contribution in [1.82, 2.24) is 30.0 Å². The number of aromatic nitrogens is 6. The number of halogens is 17. The van der Waals surface area contributed by atoms with Crippen LogP contribution in [0, 0.1) is 33.6 Å². The molecule has 0 unspecified atom stereocenters. The second-order valence-electron chi connectivity index (χ2n) is 17.4. The van der Waals surface area contributed by atoms with Gasteiger partial charge in [-0.15, -0.1) is 10.2 Å². The summed E-state index contributed by atoms with van der Waals surface area (Å²) in [5, 5.41) is 15.3. The van der Waals surface area contributed by atoms with Crippen LogP contribution in [0.4, 0.5) is 61.5 Å². The Kier molecular flexibility index (Phi) is 16.0. The summed E-state index contributed by atoms with van der Waals surface area (Å²) in [6.45, 7) is 4.97. The quantitative estimate of drug-likeness (QED) is 0.0824. The number of carbonyl (C=O) groups is 2. The van der Waals surface area contributed by atoms with E-state index in [9.17, 15) is 71.1 Å². The van der Waals surface area contributed by atoms with Gasteiger partial charge in [0.05, 0.1) is 39.4 Å². The minimum Gasteiger partial charge on any atom is -0.328 e. The summed E-state index contributed by atoms with van der Waals surface area (Å²) >= 11 is 17.5. The topological polar surface area (TPSA) is 122 Å². The van der Waals surface area contributed by atoms with Gasteiger partial charge in [-0.3, -0.25) is 9.59 Å². The van der Waals surface area contributed by atoms with E-state index in [1.54, 1.807) is 12.1 Å². The lowest BCUT2D eigenvalue weighted by molar-refractivity contribution is -0.349. The van der Waals surface area contributed by atoms with E-state index < -0.39 is 52.4 Å². The van der Waals surface area contributed by atoms with Gasteiger partial charge in [0.25, 0.3) is 5.24 Å². The fourth-order valence-electron chi connectivity index (χ4n) is 7.58. The number of nitrogens with two attached hydrogens (primary N) is 1. The highest BCUT2D eigenvalue weighted by atomic mass is 35.5. The molecule has 2 heterocycles. The van der Waals surface area contributed by atoms with Gasteiger partial charge in [-0.1, -0.05) is 57.9 Å². The Morgan fingerprint density at radius 3 is 1.19 bits per heavy atom. The molecule has 4 aromatic carbocycles. The summed E-state index contributed by atoms with van der Waals surface area (Å²) in [4.78, 5) is 24.0. The summed E-state index contributed by atoms with van der Waals surface area (Å²) in [6, 6.07) is 11.4. The van der Waals surface area contributed by atoms with E-state index in [-0.39, 0.29) is 66.2 Å². The van der Waals surface area contributed by atoms with Gasteiger partial charge in [0.2, 0.25) is 0 Å².